The van der Waals surface area contributed by atoms with E-state index in [2.05, 4.69) is 31.7 Å². The Bertz CT molecular complexity index is 1050. The molecule has 6 N–H and O–H groups in total. The molecule has 0 fully saturated rings. The van der Waals surface area contributed by atoms with Gasteiger partial charge in [0.05, 0.1) is 10.6 Å². The van der Waals surface area contributed by atoms with E-state index in [0.29, 0.717) is 10.6 Å². The molecule has 3 aromatic rings. The van der Waals surface area contributed by atoms with Crippen molar-refractivity contribution in [3.05, 3.63) is 76.0 Å². The summed E-state index contributed by atoms with van der Waals surface area (Å²) in [6, 6.07) is 13.1. The molecule has 0 bridgehead atoms. The van der Waals surface area contributed by atoms with Gasteiger partial charge in [-0.3, -0.25) is 31.3 Å². The van der Waals surface area contributed by atoms with E-state index in [9.17, 15) is 9.59 Å². The van der Waals surface area contributed by atoms with E-state index in [1.807, 2.05) is 0 Å². The van der Waals surface area contributed by atoms with Crippen LogP contribution in [0.5, 0.6) is 0 Å². The lowest BCUT2D eigenvalue weighted by molar-refractivity contribution is 0.0954. The van der Waals surface area contributed by atoms with Crippen LogP contribution in [0.4, 0.5) is 17.3 Å². The second-order valence-electron chi connectivity index (χ2n) is 5.63. The minimum absolute atomic E-state index is 0.0726. The normalized spacial score (nSPS) is 10.1. The molecular formula is C18H15Cl2N7O2. The van der Waals surface area contributed by atoms with E-state index in [-0.39, 0.29) is 33.8 Å². The molecule has 11 heteroatoms. The number of halogens is 2. The first-order chi connectivity index (χ1) is 14.0. The summed E-state index contributed by atoms with van der Waals surface area (Å²) in [6.45, 7) is 0. The van der Waals surface area contributed by atoms with Crippen LogP contribution in [0.1, 0.15) is 20.7 Å². The maximum absolute atomic E-state index is 12.3. The molecule has 0 aliphatic carbocycles. The van der Waals surface area contributed by atoms with Crippen LogP contribution >= 0.6 is 23.2 Å². The van der Waals surface area contributed by atoms with Crippen molar-refractivity contribution in [2.24, 2.45) is 0 Å². The van der Waals surface area contributed by atoms with Crippen molar-refractivity contribution in [3.63, 3.8) is 0 Å². The first-order valence-corrected chi connectivity index (χ1v) is 8.94. The quantitative estimate of drug-likeness (QED) is 0.378. The van der Waals surface area contributed by atoms with Crippen LogP contribution in [-0.2, 0) is 0 Å². The Labute approximate surface area is 175 Å². The summed E-state index contributed by atoms with van der Waals surface area (Å²) in [7, 11) is 0. The van der Waals surface area contributed by atoms with Crippen LogP contribution < -0.4 is 27.4 Å². The molecule has 2 aromatic carbocycles. The third-order valence-electron chi connectivity index (χ3n) is 3.68. The molecule has 29 heavy (non-hydrogen) atoms. The molecule has 0 spiro atoms. The number of nitrogens with two attached hydrogens (primary N) is 1. The van der Waals surface area contributed by atoms with Crippen molar-refractivity contribution in [1.82, 2.24) is 20.8 Å². The van der Waals surface area contributed by atoms with E-state index >= 15 is 0 Å². The fourth-order valence-electron chi connectivity index (χ4n) is 2.23. The van der Waals surface area contributed by atoms with E-state index < -0.39 is 5.91 Å². The van der Waals surface area contributed by atoms with Gasteiger partial charge in [0.15, 0.2) is 11.6 Å². The van der Waals surface area contributed by atoms with E-state index in [1.54, 1.807) is 36.4 Å². The fraction of sp³-hybridized carbons (Fsp3) is 0. The number of anilines is 3. The van der Waals surface area contributed by atoms with E-state index in [0.717, 1.165) is 0 Å². The highest BCUT2D eigenvalue weighted by atomic mass is 35.5. The summed E-state index contributed by atoms with van der Waals surface area (Å²) in [4.78, 5) is 32.3. The second kappa shape index (κ2) is 9.09. The highest BCUT2D eigenvalue weighted by Crippen LogP contribution is 2.22. The molecule has 0 radical (unpaired) electrons. The van der Waals surface area contributed by atoms with Gasteiger partial charge in [-0.15, -0.1) is 0 Å². The Morgan fingerprint density at radius 2 is 1.48 bits per heavy atom. The number of benzene rings is 2. The predicted molar refractivity (Wildman–Crippen MR) is 112 cm³/mol. The molecule has 0 atom stereocenters. The number of hydrazine groups is 2. The van der Waals surface area contributed by atoms with Gasteiger partial charge in [0.2, 0.25) is 0 Å². The topological polar surface area (TPSA) is 134 Å². The summed E-state index contributed by atoms with van der Waals surface area (Å²) >= 11 is 11.8. The summed E-state index contributed by atoms with van der Waals surface area (Å²) in [5.74, 6) is -0.624. The van der Waals surface area contributed by atoms with Gasteiger partial charge in [-0.05, 0) is 30.3 Å². The first kappa shape index (κ1) is 20.2. The second-order valence-corrected chi connectivity index (χ2v) is 6.48. The van der Waals surface area contributed by atoms with Crippen LogP contribution in [0, 0.1) is 0 Å². The number of hydrogen-bond donors (Lipinski definition) is 5. The number of nitrogens with zero attached hydrogens (tertiary/aromatic N) is 2. The van der Waals surface area contributed by atoms with Gasteiger partial charge >= 0.3 is 0 Å². The van der Waals surface area contributed by atoms with Crippen LogP contribution in [0.15, 0.2) is 54.9 Å². The minimum Gasteiger partial charge on any atom is -0.393 e. The third-order valence-corrected chi connectivity index (χ3v) is 4.23. The molecule has 0 aliphatic heterocycles. The van der Waals surface area contributed by atoms with E-state index in [4.69, 9.17) is 28.9 Å². The maximum Gasteiger partial charge on any atom is 0.271 e. The zero-order valence-corrected chi connectivity index (χ0v) is 16.3. The Kier molecular flexibility index (Phi) is 6.32. The summed E-state index contributed by atoms with van der Waals surface area (Å²) in [5.41, 5.74) is 16.9. The van der Waals surface area contributed by atoms with Gasteiger partial charge in [0, 0.05) is 10.6 Å². The number of carbonyl (C=O) groups excluding carboxylic acids is 2. The molecule has 0 unspecified atom stereocenters. The number of amides is 2. The number of aromatic nitrogens is 2. The van der Waals surface area contributed by atoms with Crippen LogP contribution in [-0.4, -0.2) is 21.8 Å². The number of nitrogen functional groups attached to an aromatic ring is 1. The van der Waals surface area contributed by atoms with E-state index in [1.165, 1.54) is 18.5 Å². The lowest BCUT2D eigenvalue weighted by atomic mass is 10.2. The van der Waals surface area contributed by atoms with Crippen LogP contribution in [0.3, 0.4) is 0 Å². The standard InChI is InChI=1S/C18H15Cl2N7O2/c19-11-6-7-12(13(20)8-11)18(29)27-25-16-14(21)15(22-9-23-16)24-26-17(28)10-4-2-1-3-5-10/h1-9H,21H2,(H,26,28)(H,27,29)(H2,22,23,24,25). The van der Waals surface area contributed by atoms with Crippen molar-refractivity contribution in [1.29, 1.82) is 0 Å². The predicted octanol–water partition coefficient (Wildman–Crippen LogP) is 2.88. The lowest BCUT2D eigenvalue weighted by Crippen LogP contribution is -2.32. The SMILES string of the molecule is Nc1c(NNC(=O)c2ccccc2)ncnc1NNC(=O)c1ccc(Cl)cc1Cl. The minimum atomic E-state index is -0.517. The third kappa shape index (κ3) is 5.03. The maximum atomic E-state index is 12.3. The number of carbonyl (C=O) groups is 2. The fourth-order valence-corrected chi connectivity index (χ4v) is 2.72. The highest BCUT2D eigenvalue weighted by molar-refractivity contribution is 6.36. The van der Waals surface area contributed by atoms with Crippen molar-refractivity contribution in [2.75, 3.05) is 16.6 Å². The van der Waals surface area contributed by atoms with Gasteiger partial charge < -0.3 is 5.73 Å². The largest absolute Gasteiger partial charge is 0.393 e. The van der Waals surface area contributed by atoms with Gasteiger partial charge in [-0.1, -0.05) is 41.4 Å². The Balaban J connectivity index is 1.64. The molecule has 9 nitrogen and oxygen atoms in total. The van der Waals surface area contributed by atoms with Gasteiger partial charge in [0.1, 0.15) is 12.0 Å². The summed E-state index contributed by atoms with van der Waals surface area (Å²) < 4.78 is 0. The molecule has 0 aliphatic rings. The van der Waals surface area contributed by atoms with Crippen molar-refractivity contribution in [3.8, 4) is 0 Å². The Hall–Kier alpha value is -3.56. The Morgan fingerprint density at radius 3 is 2.10 bits per heavy atom. The zero-order valence-electron chi connectivity index (χ0n) is 14.7. The van der Waals surface area contributed by atoms with Crippen LogP contribution in [0.25, 0.3) is 0 Å². The molecule has 148 valence electrons. The van der Waals surface area contributed by atoms with Gasteiger partial charge in [-0.25, -0.2) is 9.97 Å². The van der Waals surface area contributed by atoms with Gasteiger partial charge in [-0.2, -0.15) is 0 Å². The average molecular weight is 432 g/mol. The smallest absolute Gasteiger partial charge is 0.271 e. The van der Waals surface area contributed by atoms with Crippen molar-refractivity contribution in [2.45, 2.75) is 0 Å². The zero-order chi connectivity index (χ0) is 20.8. The number of nitrogens with one attached hydrogen (secondary N) is 4. The van der Waals surface area contributed by atoms with Crippen molar-refractivity contribution < 1.29 is 9.59 Å². The molecular weight excluding hydrogens is 417 g/mol. The van der Waals surface area contributed by atoms with Crippen molar-refractivity contribution >= 4 is 52.3 Å². The first-order valence-electron chi connectivity index (χ1n) is 8.19. The molecule has 2 amide bonds. The lowest BCUT2D eigenvalue weighted by Gasteiger charge is -2.14. The molecule has 0 saturated carbocycles. The molecule has 1 aromatic heterocycles. The molecule has 1 heterocycles. The van der Waals surface area contributed by atoms with Gasteiger partial charge in [0.25, 0.3) is 11.8 Å². The summed E-state index contributed by atoms with van der Waals surface area (Å²) in [6.07, 6.45) is 1.21. The monoisotopic (exact) mass is 431 g/mol. The number of hydrogen-bond acceptors (Lipinski definition) is 7. The highest BCUT2D eigenvalue weighted by Gasteiger charge is 2.13. The molecule has 0 saturated heterocycles. The van der Waals surface area contributed by atoms with Crippen LogP contribution in [0.2, 0.25) is 10.0 Å². The number of rotatable bonds is 6. The average Bonchev–Trinajstić information content (AvgIpc) is 2.72. The summed E-state index contributed by atoms with van der Waals surface area (Å²) in [5, 5.41) is 0.603. The molecule has 3 rings (SSSR count). The Morgan fingerprint density at radius 1 is 0.862 bits per heavy atom.